The van der Waals surface area contributed by atoms with Gasteiger partial charge in [-0.15, -0.1) is 0 Å². The Balaban J connectivity index is 1.39. The van der Waals surface area contributed by atoms with Gasteiger partial charge < -0.3 is 23.7 Å². The van der Waals surface area contributed by atoms with Crippen LogP contribution in [-0.4, -0.2) is 44.4 Å². The minimum absolute atomic E-state index is 0.0937. The molecule has 1 saturated heterocycles. The summed E-state index contributed by atoms with van der Waals surface area (Å²) in [5.74, 6) is -0.404. The number of thiazole rings is 1. The molecule has 1 N–H and O–H groups in total. The first-order valence-electron chi connectivity index (χ1n) is 16.0. The molecule has 0 spiro atoms. The Hall–Kier alpha value is -5.68. The number of nitrogens with zero attached hydrogens (tertiary/aromatic N) is 4. The van der Waals surface area contributed by atoms with Gasteiger partial charge in [-0.2, -0.15) is 0 Å². The van der Waals surface area contributed by atoms with Crippen LogP contribution in [0.25, 0.3) is 21.6 Å². The van der Waals surface area contributed by atoms with Crippen LogP contribution in [-0.2, 0) is 16.2 Å². The highest BCUT2D eigenvalue weighted by Gasteiger charge is 2.49. The number of hydrogen-bond acceptors (Lipinski definition) is 9. The molecule has 1 aliphatic rings. The van der Waals surface area contributed by atoms with Crippen molar-refractivity contribution in [1.29, 1.82) is 0 Å². The average molecular weight is 675 g/mol. The molecule has 1 fully saturated rings. The number of amides is 1. The van der Waals surface area contributed by atoms with Crippen LogP contribution in [0.2, 0.25) is 0 Å². The summed E-state index contributed by atoms with van der Waals surface area (Å²) in [4.78, 5) is 38.9. The molecule has 0 radical (unpaired) electrons. The van der Waals surface area contributed by atoms with Gasteiger partial charge in [-0.05, 0) is 80.8 Å². The lowest BCUT2D eigenvalue weighted by molar-refractivity contribution is -0.132. The van der Waals surface area contributed by atoms with Crippen LogP contribution in [0.4, 0.5) is 5.13 Å². The minimum Gasteiger partial charge on any atom is -0.505 e. The zero-order valence-electron chi connectivity index (χ0n) is 27.5. The molecule has 4 heterocycles. The van der Waals surface area contributed by atoms with E-state index in [1.54, 1.807) is 18.2 Å². The van der Waals surface area contributed by atoms with Crippen LogP contribution in [0.3, 0.4) is 0 Å². The number of carbonyl (C=O) groups is 2. The molecule has 0 bridgehead atoms. The number of aromatic nitrogens is 3. The SMILES string of the molecule is CCOc1ccc2nc(N3C(=O)C(=O)C(=C(O)c4nc5c(C)cccn5c4C)C3c3ccc(OCc4ccccc4)c(OCC)c3)sc2c1. The summed E-state index contributed by atoms with van der Waals surface area (Å²) in [5.41, 5.74) is 4.46. The Kier molecular flexibility index (Phi) is 8.52. The van der Waals surface area contributed by atoms with Gasteiger partial charge in [0.05, 0.1) is 40.7 Å². The Bertz CT molecular complexity index is 2260. The highest BCUT2D eigenvalue weighted by atomic mass is 32.1. The number of carbonyl (C=O) groups excluding carboxylic acids is 2. The van der Waals surface area contributed by atoms with Gasteiger partial charge >= 0.3 is 5.91 Å². The smallest absolute Gasteiger partial charge is 0.301 e. The van der Waals surface area contributed by atoms with Crippen molar-refractivity contribution in [2.45, 2.75) is 40.3 Å². The molecular formula is C38H34N4O6S. The molecule has 11 heteroatoms. The number of imidazole rings is 1. The van der Waals surface area contributed by atoms with Crippen LogP contribution < -0.4 is 19.1 Å². The Labute approximate surface area is 286 Å². The van der Waals surface area contributed by atoms with Crippen molar-refractivity contribution in [3.8, 4) is 17.2 Å². The summed E-state index contributed by atoms with van der Waals surface area (Å²) in [6, 6.07) is 23.3. The van der Waals surface area contributed by atoms with Gasteiger partial charge in [0.25, 0.3) is 5.78 Å². The number of pyridine rings is 1. The van der Waals surface area contributed by atoms with Crippen LogP contribution in [0, 0.1) is 13.8 Å². The largest absolute Gasteiger partial charge is 0.505 e. The van der Waals surface area contributed by atoms with E-state index >= 15 is 0 Å². The van der Waals surface area contributed by atoms with E-state index < -0.39 is 17.7 Å². The second-order valence-electron chi connectivity index (χ2n) is 11.6. The Morgan fingerprint density at radius 1 is 0.878 bits per heavy atom. The second-order valence-corrected chi connectivity index (χ2v) is 12.6. The lowest BCUT2D eigenvalue weighted by Crippen LogP contribution is -2.29. The van der Waals surface area contributed by atoms with E-state index in [0.29, 0.717) is 64.6 Å². The van der Waals surface area contributed by atoms with E-state index in [4.69, 9.17) is 24.2 Å². The van der Waals surface area contributed by atoms with Crippen LogP contribution >= 0.6 is 11.3 Å². The first-order chi connectivity index (χ1) is 23.8. The van der Waals surface area contributed by atoms with Crippen LogP contribution in [0.5, 0.6) is 17.2 Å². The number of Topliss-reactive ketones (excluding diaryl/α,β-unsaturated/α-hetero) is 1. The molecule has 6 aromatic rings. The zero-order chi connectivity index (χ0) is 34.2. The van der Waals surface area contributed by atoms with Crippen LogP contribution in [0.1, 0.15) is 48.0 Å². The first-order valence-corrected chi connectivity index (χ1v) is 16.8. The van der Waals surface area contributed by atoms with Gasteiger partial charge in [0.1, 0.15) is 23.7 Å². The highest BCUT2D eigenvalue weighted by molar-refractivity contribution is 7.22. The number of ketones is 1. The fourth-order valence-electron chi connectivity index (χ4n) is 6.09. The summed E-state index contributed by atoms with van der Waals surface area (Å²) in [6.45, 7) is 8.68. The summed E-state index contributed by atoms with van der Waals surface area (Å²) >= 11 is 1.26. The fourth-order valence-corrected chi connectivity index (χ4v) is 7.11. The number of benzene rings is 3. The number of fused-ring (bicyclic) bond motifs is 2. The van der Waals surface area contributed by atoms with E-state index in [1.165, 1.54) is 16.2 Å². The molecule has 1 amide bonds. The van der Waals surface area contributed by atoms with Gasteiger partial charge in [-0.1, -0.05) is 53.8 Å². The van der Waals surface area contributed by atoms with Crippen molar-refractivity contribution >= 4 is 49.8 Å². The standard InChI is InChI=1S/C38H34N4O6S/c1-5-46-26-15-16-27-30(20-26)49-38(39-27)42-33(25-14-17-28(29(19-25)47-6-2)48-21-24-12-8-7-9-13-24)31(35(44)37(42)45)34(43)32-23(4)41-18-10-11-22(3)36(41)40-32/h7-20,33,43H,5-6,21H2,1-4H3. The maximum absolute atomic E-state index is 14.0. The fraction of sp³-hybridized carbons (Fsp3) is 0.211. The van der Waals surface area contributed by atoms with Gasteiger partial charge in [0, 0.05) is 6.20 Å². The molecule has 49 heavy (non-hydrogen) atoms. The van der Waals surface area contributed by atoms with Crippen molar-refractivity contribution in [2.24, 2.45) is 0 Å². The summed E-state index contributed by atoms with van der Waals surface area (Å²) in [6.07, 6.45) is 1.84. The van der Waals surface area contributed by atoms with E-state index in [-0.39, 0.29) is 17.0 Å². The molecular weight excluding hydrogens is 641 g/mol. The van der Waals surface area contributed by atoms with Crippen molar-refractivity contribution in [3.63, 3.8) is 0 Å². The predicted octanol–water partition coefficient (Wildman–Crippen LogP) is 7.56. The van der Waals surface area contributed by atoms with Gasteiger partial charge in [0.2, 0.25) is 0 Å². The van der Waals surface area contributed by atoms with Crippen molar-refractivity contribution in [3.05, 3.63) is 119 Å². The highest BCUT2D eigenvalue weighted by Crippen LogP contribution is 2.46. The van der Waals surface area contributed by atoms with Crippen LogP contribution in [0.15, 0.2) is 90.6 Å². The van der Waals surface area contributed by atoms with Gasteiger partial charge in [0.15, 0.2) is 22.4 Å². The van der Waals surface area contributed by atoms with Gasteiger partial charge in [-0.3, -0.25) is 14.5 Å². The molecule has 3 aromatic heterocycles. The lowest BCUT2D eigenvalue weighted by Gasteiger charge is -2.24. The van der Waals surface area contributed by atoms with Crippen molar-refractivity contribution in [2.75, 3.05) is 18.1 Å². The van der Waals surface area contributed by atoms with Gasteiger partial charge in [-0.25, -0.2) is 9.97 Å². The van der Waals surface area contributed by atoms with E-state index in [9.17, 15) is 14.7 Å². The van der Waals surface area contributed by atoms with E-state index in [0.717, 1.165) is 15.8 Å². The molecule has 0 aliphatic carbocycles. The molecule has 10 nitrogen and oxygen atoms in total. The number of anilines is 1. The molecule has 0 saturated carbocycles. The quantitative estimate of drug-likeness (QED) is 0.0900. The number of hydrogen-bond donors (Lipinski definition) is 1. The monoisotopic (exact) mass is 674 g/mol. The molecule has 3 aromatic carbocycles. The number of aryl methyl sites for hydroxylation is 2. The molecule has 1 aliphatic heterocycles. The Morgan fingerprint density at radius 2 is 1.67 bits per heavy atom. The normalized spacial score (nSPS) is 15.8. The van der Waals surface area contributed by atoms with E-state index in [1.807, 2.05) is 99.0 Å². The summed E-state index contributed by atoms with van der Waals surface area (Å²) in [5, 5.41) is 12.3. The lowest BCUT2D eigenvalue weighted by atomic mass is 9.96. The minimum atomic E-state index is -1.04. The predicted molar refractivity (Wildman–Crippen MR) is 189 cm³/mol. The van der Waals surface area contributed by atoms with E-state index in [2.05, 4.69) is 0 Å². The maximum atomic E-state index is 14.0. The Morgan fingerprint density at radius 3 is 2.43 bits per heavy atom. The third-order valence-electron chi connectivity index (χ3n) is 8.44. The third kappa shape index (κ3) is 5.76. The molecule has 7 rings (SSSR count). The van der Waals surface area contributed by atoms with Crippen molar-refractivity contribution in [1.82, 2.24) is 14.4 Å². The number of ether oxygens (including phenoxy) is 3. The summed E-state index contributed by atoms with van der Waals surface area (Å²) < 4.78 is 20.5. The maximum Gasteiger partial charge on any atom is 0.301 e. The first kappa shape index (κ1) is 31.9. The summed E-state index contributed by atoms with van der Waals surface area (Å²) in [7, 11) is 0. The average Bonchev–Trinajstić information content (AvgIpc) is 3.76. The number of aliphatic hydroxyl groups is 1. The molecule has 1 unspecified atom stereocenters. The molecule has 248 valence electrons. The number of rotatable bonds is 10. The van der Waals surface area contributed by atoms with Crippen molar-refractivity contribution < 1.29 is 28.9 Å². The zero-order valence-corrected chi connectivity index (χ0v) is 28.3. The number of aliphatic hydroxyl groups excluding tert-OH is 1. The molecule has 1 atom stereocenters. The topological polar surface area (TPSA) is 115 Å². The second kappa shape index (κ2) is 13.1. The third-order valence-corrected chi connectivity index (χ3v) is 9.46.